The third-order valence-electron chi connectivity index (χ3n) is 9.01. The van der Waals surface area contributed by atoms with Crippen LogP contribution in [-0.4, -0.2) is 0 Å². The summed E-state index contributed by atoms with van der Waals surface area (Å²) in [6.07, 6.45) is 0. The van der Waals surface area contributed by atoms with E-state index in [4.69, 9.17) is 23.6 Å². The predicted octanol–water partition coefficient (Wildman–Crippen LogP) is 14.4. The Labute approximate surface area is 332 Å². The molecule has 12 rings (SSSR count). The minimum Gasteiger partial charge on any atom is -0.456 e. The molecule has 0 N–H and O–H groups in total. The van der Waals surface area contributed by atoms with Gasteiger partial charge in [-0.2, -0.15) is 0 Å². The molecule has 1 nitrogen and oxygen atoms in total. The van der Waals surface area contributed by atoms with E-state index in [9.17, 15) is 19.2 Å². The molecule has 0 amide bonds. The smallest absolute Gasteiger partial charge is 0.136 e. The maximum absolute atomic E-state index is 10.2. The third-order valence-corrected chi connectivity index (χ3v) is 9.01. The van der Waals surface area contributed by atoms with Gasteiger partial charge in [-0.05, 0) is 134 Å². The molecule has 0 aliphatic rings. The van der Waals surface area contributed by atoms with Crippen molar-refractivity contribution < 1.29 is 42.8 Å². The first-order valence-electron chi connectivity index (χ1n) is 29.4. The van der Waals surface area contributed by atoms with Crippen LogP contribution in [0.4, 0.5) is 0 Å². The van der Waals surface area contributed by atoms with Crippen molar-refractivity contribution in [3.63, 3.8) is 0 Å². The van der Waals surface area contributed by atoms with E-state index in [0.717, 1.165) is 0 Å². The van der Waals surface area contributed by atoms with Gasteiger partial charge in [0.2, 0.25) is 0 Å². The van der Waals surface area contributed by atoms with Crippen molar-refractivity contribution in [1.82, 2.24) is 0 Å². The molecule has 0 bridgehead atoms. The normalized spacial score (nSPS) is 20.0. The van der Waals surface area contributed by atoms with E-state index in [1.54, 1.807) is 0 Å². The van der Waals surface area contributed by atoms with E-state index in [-0.39, 0.29) is 10.8 Å². The molecular weight excluding hydrogens is 617 g/mol. The summed E-state index contributed by atoms with van der Waals surface area (Å²) in [7, 11) is 0. The van der Waals surface area contributed by atoms with E-state index in [1.165, 1.54) is 0 Å². The summed E-state index contributed by atoms with van der Waals surface area (Å²) in [5, 5.41) is -6.44. The van der Waals surface area contributed by atoms with Crippen LogP contribution in [0.1, 0.15) is 38.4 Å². The predicted molar refractivity (Wildman–Crippen MR) is 217 cm³/mol. The molecule has 51 heavy (non-hydrogen) atoms. The molecule has 0 radical (unpaired) electrons. The number of benzene rings is 11. The second-order valence-corrected chi connectivity index (χ2v) is 11.8. The molecule has 0 aliphatic heterocycles. The number of furan rings is 1. The lowest BCUT2D eigenvalue weighted by Crippen LogP contribution is -1.91. The number of rotatable bonds is 3. The lowest BCUT2D eigenvalue weighted by atomic mass is 9.86. The molecule has 234 valence electrons. The molecule has 0 fully saturated rings. The Balaban J connectivity index is 1.38. The van der Waals surface area contributed by atoms with Gasteiger partial charge < -0.3 is 4.42 Å². The van der Waals surface area contributed by atoms with Crippen molar-refractivity contribution in [3.05, 3.63) is 169 Å². The fourth-order valence-corrected chi connectivity index (χ4v) is 6.77. The molecule has 1 aromatic heterocycles. The number of fused-ring (bicyclic) bond motifs is 3. The van der Waals surface area contributed by atoms with Gasteiger partial charge in [0.25, 0.3) is 0 Å². The third kappa shape index (κ3) is 3.81. The van der Waals surface area contributed by atoms with Crippen LogP contribution in [0.25, 0.3) is 120 Å². The largest absolute Gasteiger partial charge is 0.456 e. The molecule has 1 heterocycles. The Bertz CT molecular complexity index is 4700. The highest BCUT2D eigenvalue weighted by atomic mass is 16.3. The summed E-state index contributed by atoms with van der Waals surface area (Å²) >= 11 is 0. The van der Waals surface area contributed by atoms with E-state index >= 15 is 0 Å². The average molecular weight is 673 g/mol. The van der Waals surface area contributed by atoms with Gasteiger partial charge in [0.05, 0.1) is 38.4 Å². The lowest BCUT2D eigenvalue weighted by Gasteiger charge is -2.18. The summed E-state index contributed by atoms with van der Waals surface area (Å²) < 4.78 is 264. The molecule has 12 aromatic rings. The van der Waals surface area contributed by atoms with E-state index in [0.29, 0.717) is 0 Å². The average Bonchev–Trinajstić information content (AvgIpc) is 2.93. The van der Waals surface area contributed by atoms with Crippen molar-refractivity contribution in [2.45, 2.75) is 0 Å². The molecule has 0 saturated heterocycles. The van der Waals surface area contributed by atoms with Crippen molar-refractivity contribution >= 4 is 86.6 Å². The maximum Gasteiger partial charge on any atom is 0.136 e. The highest BCUT2D eigenvalue weighted by molar-refractivity contribution is 6.27. The van der Waals surface area contributed by atoms with Crippen LogP contribution < -0.4 is 0 Å². The monoisotopic (exact) mass is 672 g/mol. The van der Waals surface area contributed by atoms with Gasteiger partial charge in [0, 0.05) is 10.8 Å². The summed E-state index contributed by atoms with van der Waals surface area (Å²) in [6.45, 7) is 0. The second-order valence-electron chi connectivity index (χ2n) is 11.8. The fourth-order valence-electron chi connectivity index (χ4n) is 6.77. The van der Waals surface area contributed by atoms with Crippen LogP contribution in [0, 0.1) is 0 Å². The number of hydrogen-bond acceptors (Lipinski definition) is 1. The Morgan fingerprint density at radius 2 is 0.745 bits per heavy atom. The van der Waals surface area contributed by atoms with Gasteiger partial charge in [-0.3, -0.25) is 0 Å². The molecule has 1 heteroatoms. The highest BCUT2D eigenvalue weighted by Gasteiger charge is 2.17. The quantitative estimate of drug-likeness (QED) is 0.170. The minimum absolute atomic E-state index is 0.340. The first kappa shape index (κ1) is 12.0. The van der Waals surface area contributed by atoms with Gasteiger partial charge >= 0.3 is 0 Å². The van der Waals surface area contributed by atoms with E-state index < -0.39 is 278 Å². The Morgan fingerprint density at radius 1 is 0.294 bits per heavy atom. The topological polar surface area (TPSA) is 13.1 Å². The SMILES string of the molecule is [2H]c1c(-c2c([2H])c([2H])c3c(oc4c([2H])c([2H])c([2H])c([2H])c43)c2[2H])c([2H])c(-c2c([2H])c([2H])c3c([2H])c([2H])c4c([2H])c([2H])c([2H])c5c([2H])c([2H])c2c3c45)c([2H])c1-c1c([2H])c([2H])c2c([2H])c([2H])c3c([2H])c([2H])c([2H])c4c([2H])c([2H])c1c2c34. The van der Waals surface area contributed by atoms with Gasteiger partial charge in [0.1, 0.15) is 11.2 Å². The molecule has 0 spiro atoms. The molecule has 0 aliphatic carbocycles. The van der Waals surface area contributed by atoms with Gasteiger partial charge in [-0.15, -0.1) is 0 Å². The van der Waals surface area contributed by atoms with Gasteiger partial charge in [0.15, 0.2) is 0 Å². The molecule has 11 aromatic carbocycles. The number of para-hydroxylation sites is 1. The molecule has 0 unspecified atom stereocenters. The standard InChI is InChI=1S/C50H28O/c1-2-10-45-41(9-1)42-22-19-35(28-46(42)51-45)36-25-37(39-20-15-33-13-11-29-5-3-7-31-17-23-43(39)49(33)47(29)31)27-38(26-36)40-21-16-34-14-12-30-6-4-8-32-18-24-44(40)50(34)48(30)32/h1-28H/i1D,2D,3D,4D,5D,6D,7D,8D,9D,10D,11D,12D,13D,14D,15D,16D,17D,18D,19D,20D,21D,22D,23D,24D,25D,26D,27D,28D. The van der Waals surface area contributed by atoms with E-state index in [2.05, 4.69) is 0 Å². The zero-order chi connectivity index (χ0) is 57.6. The molecule has 0 atom stereocenters. The Morgan fingerprint density at radius 3 is 1.33 bits per heavy atom. The van der Waals surface area contributed by atoms with Crippen molar-refractivity contribution in [2.75, 3.05) is 0 Å². The maximum atomic E-state index is 10.2. The Kier molecular flexibility index (Phi) is 2.33. The van der Waals surface area contributed by atoms with Crippen LogP contribution in [-0.2, 0) is 0 Å². The van der Waals surface area contributed by atoms with Crippen LogP contribution in [0.15, 0.2) is 174 Å². The molecule has 0 saturated carbocycles. The zero-order valence-corrected chi connectivity index (χ0v) is 25.4. The van der Waals surface area contributed by atoms with Crippen LogP contribution >= 0.6 is 0 Å². The summed E-state index contributed by atoms with van der Waals surface area (Å²) in [5.74, 6) is 0. The fraction of sp³-hybridized carbons (Fsp3) is 0. The van der Waals surface area contributed by atoms with Gasteiger partial charge in [-0.1, -0.05) is 133 Å². The van der Waals surface area contributed by atoms with E-state index in [1.807, 2.05) is 0 Å². The van der Waals surface area contributed by atoms with Crippen molar-refractivity contribution in [1.29, 1.82) is 0 Å². The lowest BCUT2D eigenvalue weighted by molar-refractivity contribution is 0.669. The molecular formula is C50H28O. The highest BCUT2D eigenvalue weighted by Crippen LogP contribution is 2.44. The van der Waals surface area contributed by atoms with Crippen molar-refractivity contribution in [3.8, 4) is 33.4 Å². The minimum atomic E-state index is -1.09. The first-order chi connectivity index (χ1) is 37.0. The summed E-state index contributed by atoms with van der Waals surface area (Å²) in [6, 6.07) is -24.0. The second kappa shape index (κ2) is 9.94. The van der Waals surface area contributed by atoms with Crippen LogP contribution in [0.2, 0.25) is 0 Å². The first-order valence-corrected chi connectivity index (χ1v) is 15.4. The van der Waals surface area contributed by atoms with Crippen LogP contribution in [0.5, 0.6) is 0 Å². The number of hydrogen-bond donors (Lipinski definition) is 0. The Hall–Kier alpha value is -6.70. The van der Waals surface area contributed by atoms with Gasteiger partial charge in [-0.25, -0.2) is 0 Å². The summed E-state index contributed by atoms with van der Waals surface area (Å²) in [4.78, 5) is 0. The zero-order valence-electron chi connectivity index (χ0n) is 53.4. The summed E-state index contributed by atoms with van der Waals surface area (Å²) in [5.41, 5.74) is -6.34. The van der Waals surface area contributed by atoms with Crippen LogP contribution in [0.3, 0.4) is 0 Å². The van der Waals surface area contributed by atoms with Crippen molar-refractivity contribution in [2.24, 2.45) is 0 Å².